The Morgan fingerprint density at radius 3 is 2.60 bits per heavy atom. The number of hydrogen-bond acceptors (Lipinski definition) is 2. The van der Waals surface area contributed by atoms with Gasteiger partial charge in [-0.15, -0.1) is 0 Å². The van der Waals surface area contributed by atoms with E-state index >= 15 is 0 Å². The van der Waals surface area contributed by atoms with Crippen molar-refractivity contribution in [3.63, 3.8) is 0 Å². The Morgan fingerprint density at radius 2 is 2.20 bits per heavy atom. The van der Waals surface area contributed by atoms with E-state index < -0.39 is 0 Å². The molecule has 0 atom stereocenters. The highest BCUT2D eigenvalue weighted by atomic mass is 35.5. The fourth-order valence-corrected chi connectivity index (χ4v) is 0.639. The molecule has 0 aromatic rings. The van der Waals surface area contributed by atoms with E-state index in [1.807, 2.05) is 13.0 Å². The minimum absolute atomic E-state index is 0.731. The van der Waals surface area contributed by atoms with Crippen molar-refractivity contribution in [3.05, 3.63) is 11.1 Å². The van der Waals surface area contributed by atoms with Gasteiger partial charge in [-0.25, -0.2) is 0 Å². The van der Waals surface area contributed by atoms with Gasteiger partial charge in [0.05, 0.1) is 5.71 Å². The van der Waals surface area contributed by atoms with Gasteiger partial charge in [0, 0.05) is 5.03 Å². The Bertz CT molecular complexity index is 148. The molecule has 0 amide bonds. The Balaban J connectivity index is 3.47. The maximum absolute atomic E-state index is 8.23. The van der Waals surface area contributed by atoms with Crippen LogP contribution in [0.4, 0.5) is 0 Å². The van der Waals surface area contributed by atoms with Crippen molar-refractivity contribution in [1.29, 1.82) is 0 Å². The van der Waals surface area contributed by atoms with Crippen LogP contribution < -0.4 is 0 Å². The van der Waals surface area contributed by atoms with Crippen LogP contribution in [0.5, 0.6) is 0 Å². The molecule has 3 heteroatoms. The van der Waals surface area contributed by atoms with Gasteiger partial charge in [0.25, 0.3) is 0 Å². The topological polar surface area (TPSA) is 32.6 Å². The molecule has 58 valence electrons. The summed E-state index contributed by atoms with van der Waals surface area (Å²) in [5, 5.41) is 12.0. The zero-order valence-electron chi connectivity index (χ0n) is 6.26. The maximum Gasteiger partial charge on any atom is 0.0543 e. The van der Waals surface area contributed by atoms with Crippen LogP contribution in [0.15, 0.2) is 16.3 Å². The molecule has 0 aliphatic rings. The predicted molar refractivity (Wildman–Crippen MR) is 43.7 cm³/mol. The normalized spacial score (nSPS) is 13.9. The van der Waals surface area contributed by atoms with Crippen molar-refractivity contribution in [1.82, 2.24) is 0 Å². The molecular weight excluding hydrogens is 150 g/mol. The van der Waals surface area contributed by atoms with E-state index in [0.717, 1.165) is 23.6 Å². The fraction of sp³-hybridized carbons (Fsp3) is 0.571. The highest BCUT2D eigenvalue weighted by Gasteiger charge is 1.88. The SMILES string of the molecule is C/C(Cl)=C/CC/C(C)=N/O. The molecule has 0 unspecified atom stereocenters. The molecule has 0 aromatic heterocycles. The first-order chi connectivity index (χ1) is 4.66. The fourth-order valence-electron chi connectivity index (χ4n) is 0.530. The lowest BCUT2D eigenvalue weighted by atomic mass is 10.2. The minimum Gasteiger partial charge on any atom is -0.411 e. The number of rotatable bonds is 3. The quantitative estimate of drug-likeness (QED) is 0.385. The van der Waals surface area contributed by atoms with Crippen LogP contribution in [-0.4, -0.2) is 10.9 Å². The van der Waals surface area contributed by atoms with E-state index in [9.17, 15) is 0 Å². The summed E-state index contributed by atoms with van der Waals surface area (Å²) in [6, 6.07) is 0. The summed E-state index contributed by atoms with van der Waals surface area (Å²) in [5.41, 5.74) is 0.731. The molecule has 0 radical (unpaired) electrons. The van der Waals surface area contributed by atoms with Crippen LogP contribution >= 0.6 is 11.6 Å². The number of hydrogen-bond donors (Lipinski definition) is 1. The second-order valence-electron chi connectivity index (χ2n) is 2.16. The van der Waals surface area contributed by atoms with Crippen molar-refractivity contribution in [2.45, 2.75) is 26.7 Å². The third kappa shape index (κ3) is 5.63. The van der Waals surface area contributed by atoms with Crippen molar-refractivity contribution >= 4 is 17.3 Å². The molecule has 0 spiro atoms. The zero-order valence-corrected chi connectivity index (χ0v) is 7.02. The van der Waals surface area contributed by atoms with Crippen molar-refractivity contribution < 1.29 is 5.21 Å². The van der Waals surface area contributed by atoms with Crippen LogP contribution in [0.25, 0.3) is 0 Å². The molecule has 0 rings (SSSR count). The first-order valence-corrected chi connectivity index (χ1v) is 3.54. The van der Waals surface area contributed by atoms with Gasteiger partial charge in [0.15, 0.2) is 0 Å². The summed E-state index contributed by atoms with van der Waals surface area (Å²) >= 11 is 5.56. The first kappa shape index (κ1) is 9.50. The highest BCUT2D eigenvalue weighted by molar-refractivity contribution is 6.29. The minimum atomic E-state index is 0.731. The maximum atomic E-state index is 8.23. The summed E-state index contributed by atoms with van der Waals surface area (Å²) in [6.45, 7) is 3.60. The summed E-state index contributed by atoms with van der Waals surface area (Å²) in [4.78, 5) is 0. The molecular formula is C7H12ClNO. The smallest absolute Gasteiger partial charge is 0.0543 e. The van der Waals surface area contributed by atoms with Crippen LogP contribution in [0.1, 0.15) is 26.7 Å². The second kappa shape index (κ2) is 5.30. The van der Waals surface area contributed by atoms with Gasteiger partial charge in [-0.1, -0.05) is 22.8 Å². The van der Waals surface area contributed by atoms with Crippen molar-refractivity contribution in [3.8, 4) is 0 Å². The summed E-state index contributed by atoms with van der Waals surface area (Å²) < 4.78 is 0. The van der Waals surface area contributed by atoms with Crippen LogP contribution in [0, 0.1) is 0 Å². The molecule has 0 saturated carbocycles. The third-order valence-electron chi connectivity index (χ3n) is 1.10. The summed E-state index contributed by atoms with van der Waals surface area (Å²) in [7, 11) is 0. The number of oxime groups is 1. The largest absolute Gasteiger partial charge is 0.411 e. The van der Waals surface area contributed by atoms with Gasteiger partial charge in [0.1, 0.15) is 0 Å². The lowest BCUT2D eigenvalue weighted by Crippen LogP contribution is -1.88. The van der Waals surface area contributed by atoms with Gasteiger partial charge in [-0.3, -0.25) is 0 Å². The lowest BCUT2D eigenvalue weighted by Gasteiger charge is -1.91. The first-order valence-electron chi connectivity index (χ1n) is 3.16. The average Bonchev–Trinajstić information content (AvgIpc) is 1.87. The standard InChI is InChI=1S/C7H12ClNO/c1-6(8)4-3-5-7(2)9-10/h4,10H,3,5H2,1-2H3/b6-4-,9-7+. The van der Waals surface area contributed by atoms with E-state index in [4.69, 9.17) is 16.8 Å². The molecule has 0 aliphatic heterocycles. The predicted octanol–water partition coefficient (Wildman–Crippen LogP) is 2.76. The van der Waals surface area contributed by atoms with E-state index in [-0.39, 0.29) is 0 Å². The molecule has 2 nitrogen and oxygen atoms in total. The van der Waals surface area contributed by atoms with Crippen LogP contribution in [-0.2, 0) is 0 Å². The molecule has 0 heterocycles. The van der Waals surface area contributed by atoms with Crippen LogP contribution in [0.2, 0.25) is 0 Å². The van der Waals surface area contributed by atoms with Gasteiger partial charge in [0.2, 0.25) is 0 Å². The Labute approximate surface area is 66.2 Å². The molecule has 0 aromatic carbocycles. The third-order valence-corrected chi connectivity index (χ3v) is 1.26. The molecule has 0 bridgehead atoms. The second-order valence-corrected chi connectivity index (χ2v) is 2.76. The molecule has 0 fully saturated rings. The Hall–Kier alpha value is -0.500. The van der Waals surface area contributed by atoms with E-state index in [2.05, 4.69) is 5.16 Å². The van der Waals surface area contributed by atoms with Gasteiger partial charge in [-0.05, 0) is 26.7 Å². The number of nitrogens with zero attached hydrogens (tertiary/aromatic N) is 1. The molecule has 0 saturated heterocycles. The van der Waals surface area contributed by atoms with Crippen molar-refractivity contribution in [2.24, 2.45) is 5.16 Å². The average molecular weight is 162 g/mol. The lowest BCUT2D eigenvalue weighted by molar-refractivity contribution is 0.317. The Kier molecular flexibility index (Phi) is 5.03. The van der Waals surface area contributed by atoms with Crippen molar-refractivity contribution in [2.75, 3.05) is 0 Å². The molecule has 0 aliphatic carbocycles. The van der Waals surface area contributed by atoms with Gasteiger partial charge in [-0.2, -0.15) is 0 Å². The summed E-state index contributed by atoms with van der Waals surface area (Å²) in [6.07, 6.45) is 3.50. The zero-order chi connectivity index (χ0) is 7.98. The Morgan fingerprint density at radius 1 is 1.60 bits per heavy atom. The van der Waals surface area contributed by atoms with E-state index in [0.29, 0.717) is 0 Å². The van der Waals surface area contributed by atoms with Gasteiger partial charge >= 0.3 is 0 Å². The van der Waals surface area contributed by atoms with Gasteiger partial charge < -0.3 is 5.21 Å². The monoisotopic (exact) mass is 161 g/mol. The van der Waals surface area contributed by atoms with E-state index in [1.165, 1.54) is 0 Å². The summed E-state index contributed by atoms with van der Waals surface area (Å²) in [5.74, 6) is 0. The highest BCUT2D eigenvalue weighted by Crippen LogP contribution is 2.02. The van der Waals surface area contributed by atoms with E-state index in [1.54, 1.807) is 6.92 Å². The number of halogens is 1. The number of allylic oxidation sites excluding steroid dienone is 2. The molecule has 1 N–H and O–H groups in total. The molecule has 10 heavy (non-hydrogen) atoms. The van der Waals surface area contributed by atoms with Crippen LogP contribution in [0.3, 0.4) is 0 Å².